The molecule has 0 aliphatic heterocycles. The van der Waals surface area contributed by atoms with Crippen LogP contribution in [-0.2, 0) is 9.59 Å². The number of rotatable bonds is 4. The number of carboxylic acid groups (broad SMARTS) is 1. The van der Waals surface area contributed by atoms with Gasteiger partial charge in [0.2, 0.25) is 5.91 Å². The number of halogens is 1. The van der Waals surface area contributed by atoms with Gasteiger partial charge in [0.05, 0.1) is 5.92 Å². The van der Waals surface area contributed by atoms with Crippen LogP contribution in [0.2, 0.25) is 5.02 Å². The first-order chi connectivity index (χ1) is 10.0. The summed E-state index contributed by atoms with van der Waals surface area (Å²) in [5, 5.41) is 12.7. The minimum Gasteiger partial charge on any atom is -0.481 e. The quantitative estimate of drug-likeness (QED) is 0.899. The summed E-state index contributed by atoms with van der Waals surface area (Å²) in [4.78, 5) is 23.1. The summed E-state index contributed by atoms with van der Waals surface area (Å²) >= 11 is 5.86. The Hall–Kier alpha value is -1.55. The minimum atomic E-state index is -0.753. The molecule has 0 radical (unpaired) electrons. The lowest BCUT2D eigenvalue weighted by Gasteiger charge is -2.12. The monoisotopic (exact) mass is 307 g/mol. The Morgan fingerprint density at radius 3 is 2.48 bits per heavy atom. The van der Waals surface area contributed by atoms with E-state index in [2.05, 4.69) is 5.32 Å². The summed E-state index contributed by atoms with van der Waals surface area (Å²) in [5.41, 5.74) is 1.15. The number of hydrogen-bond acceptors (Lipinski definition) is 2. The van der Waals surface area contributed by atoms with Gasteiger partial charge in [0.1, 0.15) is 0 Å². The van der Waals surface area contributed by atoms with Crippen LogP contribution in [0.5, 0.6) is 0 Å². The normalized spacial score (nSPS) is 30.9. The zero-order valence-corrected chi connectivity index (χ0v) is 12.3. The zero-order chi connectivity index (χ0) is 15.0. The third-order valence-electron chi connectivity index (χ3n) is 4.55. The topological polar surface area (TPSA) is 66.4 Å². The predicted molar refractivity (Wildman–Crippen MR) is 79.2 cm³/mol. The maximum absolute atomic E-state index is 12.2. The van der Waals surface area contributed by atoms with E-state index in [4.69, 9.17) is 16.7 Å². The van der Waals surface area contributed by atoms with Crippen LogP contribution in [-0.4, -0.2) is 23.0 Å². The third kappa shape index (κ3) is 3.21. The van der Waals surface area contributed by atoms with Crippen molar-refractivity contribution in [3.8, 4) is 0 Å². The van der Waals surface area contributed by atoms with Gasteiger partial charge in [-0.3, -0.25) is 9.59 Å². The summed E-state index contributed by atoms with van der Waals surface area (Å²) in [6, 6.07) is 7.65. The maximum Gasteiger partial charge on any atom is 0.306 e. The summed E-state index contributed by atoms with van der Waals surface area (Å²) in [6.45, 7) is 0. The predicted octanol–water partition coefficient (Wildman–Crippen LogP) is 2.81. The molecular formula is C16H18ClNO3. The molecule has 2 fully saturated rings. The second-order valence-corrected chi connectivity index (χ2v) is 6.49. The van der Waals surface area contributed by atoms with Crippen LogP contribution >= 0.6 is 11.6 Å². The molecule has 0 heterocycles. The van der Waals surface area contributed by atoms with Crippen LogP contribution < -0.4 is 5.32 Å². The molecule has 4 nitrogen and oxygen atoms in total. The first kappa shape index (κ1) is 14.4. The SMILES string of the molecule is O=C(O)[C@@H]1CC[C@H](NC(=O)[C@H]2C[C@H]2c2ccc(Cl)cc2)C1. The Morgan fingerprint density at radius 1 is 1.14 bits per heavy atom. The van der Waals surface area contributed by atoms with Gasteiger partial charge in [0.25, 0.3) is 0 Å². The van der Waals surface area contributed by atoms with Gasteiger partial charge in [-0.15, -0.1) is 0 Å². The lowest BCUT2D eigenvalue weighted by Crippen LogP contribution is -2.34. The highest BCUT2D eigenvalue weighted by atomic mass is 35.5. The van der Waals surface area contributed by atoms with Gasteiger partial charge in [-0.1, -0.05) is 23.7 Å². The highest BCUT2D eigenvalue weighted by Gasteiger charge is 2.44. The fraction of sp³-hybridized carbons (Fsp3) is 0.500. The van der Waals surface area contributed by atoms with E-state index in [9.17, 15) is 9.59 Å². The molecule has 4 atom stereocenters. The van der Waals surface area contributed by atoms with Crippen LogP contribution in [0.15, 0.2) is 24.3 Å². The highest BCUT2D eigenvalue weighted by Crippen LogP contribution is 2.47. The fourth-order valence-corrected chi connectivity index (χ4v) is 3.33. The first-order valence-electron chi connectivity index (χ1n) is 7.33. The molecule has 3 rings (SSSR count). The number of carbonyl (C=O) groups is 2. The fourth-order valence-electron chi connectivity index (χ4n) is 3.21. The molecule has 1 amide bonds. The van der Waals surface area contributed by atoms with Crippen molar-refractivity contribution in [3.05, 3.63) is 34.9 Å². The number of benzene rings is 1. The number of aliphatic carboxylic acids is 1. The van der Waals surface area contributed by atoms with E-state index >= 15 is 0 Å². The van der Waals surface area contributed by atoms with E-state index in [1.165, 1.54) is 0 Å². The van der Waals surface area contributed by atoms with E-state index in [0.29, 0.717) is 17.9 Å². The van der Waals surface area contributed by atoms with Crippen LogP contribution in [0, 0.1) is 11.8 Å². The molecule has 0 unspecified atom stereocenters. The minimum absolute atomic E-state index is 0.0186. The summed E-state index contributed by atoms with van der Waals surface area (Å²) < 4.78 is 0. The van der Waals surface area contributed by atoms with Crippen molar-refractivity contribution in [2.45, 2.75) is 37.6 Å². The van der Waals surface area contributed by atoms with Crippen LogP contribution in [0.25, 0.3) is 0 Å². The number of nitrogens with one attached hydrogen (secondary N) is 1. The van der Waals surface area contributed by atoms with Crippen molar-refractivity contribution in [1.82, 2.24) is 5.32 Å². The van der Waals surface area contributed by atoms with Gasteiger partial charge in [-0.05, 0) is 49.3 Å². The molecule has 1 aromatic rings. The second-order valence-electron chi connectivity index (χ2n) is 6.05. The average molecular weight is 308 g/mol. The smallest absolute Gasteiger partial charge is 0.306 e. The number of hydrogen-bond donors (Lipinski definition) is 2. The van der Waals surface area contributed by atoms with E-state index in [-0.39, 0.29) is 29.7 Å². The van der Waals surface area contributed by atoms with Gasteiger partial charge in [-0.25, -0.2) is 0 Å². The van der Waals surface area contributed by atoms with Crippen molar-refractivity contribution in [2.75, 3.05) is 0 Å². The molecule has 2 N–H and O–H groups in total. The second kappa shape index (κ2) is 5.68. The number of carbonyl (C=O) groups excluding carboxylic acids is 1. The Bertz CT molecular complexity index is 557. The van der Waals surface area contributed by atoms with Crippen molar-refractivity contribution in [1.29, 1.82) is 0 Å². The van der Waals surface area contributed by atoms with Crippen molar-refractivity contribution in [2.24, 2.45) is 11.8 Å². The van der Waals surface area contributed by atoms with Crippen molar-refractivity contribution in [3.63, 3.8) is 0 Å². The molecule has 0 bridgehead atoms. The molecule has 0 spiro atoms. The molecule has 21 heavy (non-hydrogen) atoms. The van der Waals surface area contributed by atoms with Crippen LogP contribution in [0.3, 0.4) is 0 Å². The molecule has 2 saturated carbocycles. The zero-order valence-electron chi connectivity index (χ0n) is 11.6. The van der Waals surface area contributed by atoms with Gasteiger partial charge in [0, 0.05) is 17.0 Å². The first-order valence-corrected chi connectivity index (χ1v) is 7.71. The number of amides is 1. The van der Waals surface area contributed by atoms with Gasteiger partial charge < -0.3 is 10.4 Å². The van der Waals surface area contributed by atoms with Crippen molar-refractivity contribution < 1.29 is 14.7 Å². The van der Waals surface area contributed by atoms with Crippen LogP contribution in [0.1, 0.15) is 37.2 Å². The molecule has 5 heteroatoms. The largest absolute Gasteiger partial charge is 0.481 e. The summed E-state index contributed by atoms with van der Waals surface area (Å²) in [5.74, 6) is -0.696. The van der Waals surface area contributed by atoms with E-state index in [1.54, 1.807) is 0 Å². The highest BCUT2D eigenvalue weighted by molar-refractivity contribution is 6.30. The molecule has 2 aliphatic carbocycles. The Morgan fingerprint density at radius 2 is 1.86 bits per heavy atom. The Balaban J connectivity index is 1.52. The number of carboxylic acids is 1. The third-order valence-corrected chi connectivity index (χ3v) is 4.81. The standard InChI is InChI=1S/C16H18ClNO3/c17-11-4-1-9(2-5-11)13-8-14(13)15(19)18-12-6-3-10(7-12)16(20)21/h1-2,4-5,10,12-14H,3,6-8H2,(H,18,19)(H,20,21)/t10-,12+,13+,14+/m1/s1. The maximum atomic E-state index is 12.2. The van der Waals surface area contributed by atoms with Gasteiger partial charge in [-0.2, -0.15) is 0 Å². The average Bonchev–Trinajstić information content (AvgIpc) is 3.11. The van der Waals surface area contributed by atoms with E-state index in [1.807, 2.05) is 24.3 Å². The van der Waals surface area contributed by atoms with E-state index < -0.39 is 5.97 Å². The molecule has 1 aromatic carbocycles. The summed E-state index contributed by atoms with van der Waals surface area (Å²) in [6.07, 6.45) is 2.84. The molecule has 2 aliphatic rings. The summed E-state index contributed by atoms with van der Waals surface area (Å²) in [7, 11) is 0. The van der Waals surface area contributed by atoms with Gasteiger partial charge in [0.15, 0.2) is 0 Å². The Labute approximate surface area is 128 Å². The Kier molecular flexibility index (Phi) is 3.89. The molecular weight excluding hydrogens is 290 g/mol. The van der Waals surface area contributed by atoms with Gasteiger partial charge >= 0.3 is 5.97 Å². The lowest BCUT2D eigenvalue weighted by molar-refractivity contribution is -0.141. The van der Waals surface area contributed by atoms with Crippen LogP contribution in [0.4, 0.5) is 0 Å². The van der Waals surface area contributed by atoms with E-state index in [0.717, 1.165) is 18.4 Å². The molecule has 112 valence electrons. The molecule has 0 saturated heterocycles. The van der Waals surface area contributed by atoms with Crippen molar-refractivity contribution >= 4 is 23.5 Å². The lowest BCUT2D eigenvalue weighted by atomic mass is 10.1. The molecule has 0 aromatic heterocycles.